The van der Waals surface area contributed by atoms with Crippen molar-refractivity contribution in [2.24, 2.45) is 41.4 Å². The van der Waals surface area contributed by atoms with E-state index in [1.54, 1.807) is 102 Å². The van der Waals surface area contributed by atoms with E-state index in [4.69, 9.17) is 48.8 Å². The average Bonchev–Trinajstić information content (AvgIpc) is 1.64. The minimum atomic E-state index is -3.22. The summed E-state index contributed by atoms with van der Waals surface area (Å²) in [6, 6.07) is 1.68. The number of nitriles is 1. The van der Waals surface area contributed by atoms with Gasteiger partial charge in [-0.15, -0.1) is 45.3 Å². The van der Waals surface area contributed by atoms with Crippen molar-refractivity contribution in [3.8, 4) is 6.07 Å². The molecular weight excluding hydrogens is 1940 g/mol. The van der Waals surface area contributed by atoms with Crippen LogP contribution in [0.2, 0.25) is 10.3 Å². The van der Waals surface area contributed by atoms with Gasteiger partial charge in [0.1, 0.15) is 95.3 Å². The number of H-pyrrole nitrogens is 1. The van der Waals surface area contributed by atoms with Crippen LogP contribution in [0.15, 0.2) is 35.9 Å². The Morgan fingerprint density at radius 1 is 0.546 bits per heavy atom. The monoisotopic (exact) mass is 2060 g/mol. The van der Waals surface area contributed by atoms with Crippen LogP contribution in [0.1, 0.15) is 264 Å². The molecule has 39 heteroatoms. The maximum absolute atomic E-state index is 12.0. The lowest BCUT2D eigenvalue weighted by Crippen LogP contribution is -2.34. The van der Waals surface area contributed by atoms with Crippen LogP contribution >= 0.6 is 123 Å². The molecule has 130 heavy (non-hydrogen) atoms. The number of esters is 4. The van der Waals surface area contributed by atoms with E-state index in [1.165, 1.54) is 74.8 Å². The number of nitrogens with one attached hydrogen (secondary N) is 1. The number of anilines is 1. The fraction of sp³-hybridized carbons (Fsp3) is 0.582. The molecule has 2 saturated carbocycles. The van der Waals surface area contributed by atoms with Gasteiger partial charge in [-0.1, -0.05) is 52.6 Å². The summed E-state index contributed by atoms with van der Waals surface area (Å²) in [7, 11) is 0. The number of nitrogens with zero attached hydrogens (tertiary/aromatic N) is 6. The fourth-order valence-corrected chi connectivity index (χ4v) is 21.5. The maximum Gasteiger partial charge on any atom is 0.341 e. The number of fused-ring (bicyclic) bond motifs is 10. The number of alkyl halides is 1. The Morgan fingerprint density at radius 2 is 0.969 bits per heavy atom. The van der Waals surface area contributed by atoms with E-state index < -0.39 is 33.9 Å². The molecule has 7 aliphatic carbocycles. The quantitative estimate of drug-likeness (QED) is 0.0150. The third-order valence-electron chi connectivity index (χ3n) is 21.5. The normalized spacial score (nSPS) is 18.3. The molecule has 14 rings (SSSR count). The van der Waals surface area contributed by atoms with E-state index in [0.717, 1.165) is 177 Å². The summed E-state index contributed by atoms with van der Waals surface area (Å²) in [5, 5.41) is 18.2. The number of aliphatic hydroxyl groups is 1. The standard InChI is InChI=1S/C14H19NO3S.C13H13ClN2OS.C13H14N2O2S.C12H13ClN2OS.C12H18O4.C9H14O2.C6H9BrO3.C6H8O.C5H7NO2.CH4.Cl3OP/c1-3-18-14(17)12-10-7-9(6-8(2)16)4-5-11(10)19-13(12)15;1-7(17)4-8-2-3-10-9(5-8)11-12(14)15-6-16-13(11)18-10;1-7(16)4-8-2-3-10-9(5-8)11-12(17)14-6-15-13(11)18-10;13-11-10-8-5-7(3-4-16)1-2-9(8)17-12(10)15-6-14-11;1-3-16-12(15)11(8(2)13)9-5-4-6-10(14)7-9;1-7(10)5-8-3-2-4-9(11)6-8;1-3-10-6(9)5(7)4(2)8;7-6-4-2-1-3-5-6;1-2-8-5(7)3-4-6;;1-5(2,3)4/h9H,3-7,15H2,1-2H3;6,8H,2-5H2,1H3;6,8H,2-5H2,1H3,(H,14,15,17);6-7,16H,1-5H2;9,11H,3-7H2,1-2H3;8H,2-6H2,1H3;5H,3H2,1-2H3;2,4H,1,3,5H2;2-3H2,1H3;1H4;. The van der Waals surface area contributed by atoms with E-state index >= 15 is 0 Å². The van der Waals surface area contributed by atoms with Crippen molar-refractivity contribution in [3.05, 3.63) is 99.1 Å². The number of rotatable bonds is 21. The number of hydrogen-bond donors (Lipinski definition) is 3. The number of nitrogens with two attached hydrogens (primary N) is 1. The van der Waals surface area contributed by atoms with E-state index in [0.29, 0.717) is 121 Å². The molecule has 0 aromatic carbocycles. The number of aryl methyl sites for hydroxylation is 4. The number of nitrogen functional groups attached to an aromatic ring is 1. The number of halogens is 6. The van der Waals surface area contributed by atoms with Crippen LogP contribution in [0.4, 0.5) is 5.00 Å². The fourth-order valence-electron chi connectivity index (χ4n) is 16.1. The molecule has 0 amide bonds. The number of aliphatic hydroxyl groups excluding tert-OH is 1. The van der Waals surface area contributed by atoms with E-state index in [-0.39, 0.29) is 90.8 Å². The highest BCUT2D eigenvalue weighted by Gasteiger charge is 2.37. The summed E-state index contributed by atoms with van der Waals surface area (Å²) in [6.07, 6.45) is 31.9. The van der Waals surface area contributed by atoms with Gasteiger partial charge in [-0.2, -0.15) is 5.26 Å². The molecule has 0 saturated heterocycles. The number of ketones is 9. The molecule has 0 spiro atoms. The highest BCUT2D eigenvalue weighted by Crippen LogP contribution is 2.61. The van der Waals surface area contributed by atoms with Gasteiger partial charge < -0.3 is 53.9 Å². The lowest BCUT2D eigenvalue weighted by atomic mass is 9.78. The Bertz CT molecular complexity index is 5230. The molecule has 714 valence electrons. The smallest absolute Gasteiger partial charge is 0.341 e. The number of ether oxygens (including phenoxy) is 4. The second-order valence-electron chi connectivity index (χ2n) is 31.9. The zero-order chi connectivity index (χ0) is 95.8. The number of Topliss-reactive ketones (excluding diaryl/α,β-unsaturated/α-hetero) is 8. The minimum absolute atomic E-state index is 0. The highest BCUT2D eigenvalue weighted by molar-refractivity contribution is 9.10. The number of carbonyl (C=O) groups excluding carboxylic acids is 13. The van der Waals surface area contributed by atoms with Crippen LogP contribution in [0.5, 0.6) is 0 Å². The molecule has 7 aromatic heterocycles. The molecule has 0 bridgehead atoms. The first-order chi connectivity index (χ1) is 61.1. The van der Waals surface area contributed by atoms with Gasteiger partial charge in [-0.25, -0.2) is 29.7 Å². The molecule has 0 radical (unpaired) electrons. The highest BCUT2D eigenvalue weighted by atomic mass is 79.9. The minimum Gasteiger partial charge on any atom is -0.465 e. The third kappa shape index (κ3) is 39.7. The molecule has 2 fully saturated rings. The van der Waals surface area contributed by atoms with E-state index in [1.807, 2.05) is 6.08 Å². The number of allylic oxidation sites excluding steroid dienone is 2. The molecule has 7 aromatic rings. The molecular formula is C91H119BrCl5N8O20PS4. The SMILES string of the molecule is C.CC(=O)CC1CCCC(=O)C1.CC(=O)CC1CCc2sc3nc[nH]c(=O)c3c2C1.CC(=O)CC1CCc2sc3ncnc(Cl)c3c2C1.CCOC(=O)C(Br)C(C)=O.CCOC(=O)C(C(C)=O)C1CCCC(=O)C1.CCOC(=O)CC#N.CCOC(=O)c1c(N)sc2c1CC(CC(C)=O)CC2.O=C1C=CCCC1.O=P(Cl)(Cl)Cl.OCCC1CCc2sc3ncnc(Cl)c3c2C1. The summed E-state index contributed by atoms with van der Waals surface area (Å²) in [5.41, 5.74) is 11.2. The lowest BCUT2D eigenvalue weighted by molar-refractivity contribution is -0.154. The third-order valence-corrected chi connectivity index (χ3v) is 27.8. The number of aromatic nitrogens is 6. The first-order valence-electron chi connectivity index (χ1n) is 43.0. The molecule has 7 heterocycles. The molecule has 0 aliphatic heterocycles. The lowest BCUT2D eigenvalue weighted by Gasteiger charge is -2.26. The predicted molar refractivity (Wildman–Crippen MR) is 516 cm³/mol. The summed E-state index contributed by atoms with van der Waals surface area (Å²) >= 11 is 35.6. The number of thiophene rings is 4. The van der Waals surface area contributed by atoms with Crippen molar-refractivity contribution >= 4 is 235 Å². The Hall–Kier alpha value is -7.32. The van der Waals surface area contributed by atoms with E-state index in [9.17, 15) is 71.7 Å². The van der Waals surface area contributed by atoms with Gasteiger partial charge in [0.05, 0.1) is 60.5 Å². The van der Waals surface area contributed by atoms with Crippen LogP contribution in [0.25, 0.3) is 30.6 Å². The Labute approximate surface area is 807 Å². The van der Waals surface area contributed by atoms with Gasteiger partial charge in [-0.3, -0.25) is 47.7 Å². The zero-order valence-corrected chi connectivity index (χ0v) is 83.9. The van der Waals surface area contributed by atoms with Crippen LogP contribution < -0.4 is 11.3 Å². The molecule has 8 atom stereocenters. The number of aromatic amines is 1. The Morgan fingerprint density at radius 3 is 1.38 bits per heavy atom. The van der Waals surface area contributed by atoms with Crippen LogP contribution in [0.3, 0.4) is 0 Å². The van der Waals surface area contributed by atoms with Crippen molar-refractivity contribution in [1.29, 1.82) is 5.26 Å². The van der Waals surface area contributed by atoms with Crippen molar-refractivity contribution in [1.82, 2.24) is 29.9 Å². The molecule has 8 unspecified atom stereocenters. The molecule has 7 aliphatic rings. The Balaban J connectivity index is 0.000000308. The first-order valence-corrected chi connectivity index (χ1v) is 52.4. The van der Waals surface area contributed by atoms with Crippen LogP contribution in [0, 0.1) is 52.8 Å². The second kappa shape index (κ2) is 59.4. The van der Waals surface area contributed by atoms with Crippen LogP contribution in [-0.2, 0) is 132 Å². The number of hydrogen-bond acceptors (Lipinski definition) is 31. The summed E-state index contributed by atoms with van der Waals surface area (Å²) < 4.78 is 28.4. The zero-order valence-electron chi connectivity index (χ0n) is 74.4. The van der Waals surface area contributed by atoms with Gasteiger partial charge in [0.15, 0.2) is 16.4 Å². The predicted octanol–water partition coefficient (Wildman–Crippen LogP) is 20.3. The molecule has 4 N–H and O–H groups in total. The van der Waals surface area contributed by atoms with Crippen molar-refractivity contribution in [3.63, 3.8) is 0 Å². The largest absolute Gasteiger partial charge is 0.465 e. The van der Waals surface area contributed by atoms with Crippen molar-refractivity contribution in [2.75, 3.05) is 38.8 Å². The van der Waals surface area contributed by atoms with Crippen LogP contribution in [-0.4, -0.2) is 149 Å². The van der Waals surface area contributed by atoms with Gasteiger partial charge in [-0.05, 0) is 289 Å². The van der Waals surface area contributed by atoms with Gasteiger partial charge >= 0.3 is 29.1 Å². The maximum atomic E-state index is 12.0. The summed E-state index contributed by atoms with van der Waals surface area (Å²) in [4.78, 5) is 186. The van der Waals surface area contributed by atoms with Gasteiger partial charge in [0, 0.05) is 83.9 Å². The van der Waals surface area contributed by atoms with Crippen molar-refractivity contribution < 1.29 is 90.9 Å². The van der Waals surface area contributed by atoms with E-state index in [2.05, 4.69) is 89.0 Å². The summed E-state index contributed by atoms with van der Waals surface area (Å²) in [5.74, 6) is 0.651. The second-order valence-corrected chi connectivity index (χ2v) is 44.6. The van der Waals surface area contributed by atoms with Gasteiger partial charge in [0.25, 0.3) is 5.56 Å². The average molecular weight is 2060 g/mol. The van der Waals surface area contributed by atoms with Crippen molar-refractivity contribution in [2.45, 2.75) is 268 Å². The Kier molecular flexibility index (Phi) is 52.6. The molecule has 28 nitrogen and oxygen atoms in total. The first kappa shape index (κ1) is 115. The number of carbonyl (C=O) groups is 13. The summed E-state index contributed by atoms with van der Waals surface area (Å²) in [6.45, 7) is 17.6. The topological polar surface area (TPSA) is 443 Å². The van der Waals surface area contributed by atoms with Gasteiger partial charge in [0.2, 0.25) is 0 Å².